The van der Waals surface area contributed by atoms with E-state index in [4.69, 9.17) is 16.3 Å². The van der Waals surface area contributed by atoms with Gasteiger partial charge < -0.3 is 4.74 Å². The zero-order valence-corrected chi connectivity index (χ0v) is 15.9. The maximum Gasteiger partial charge on any atom is 0.338 e. The fourth-order valence-electron chi connectivity index (χ4n) is 2.21. The van der Waals surface area contributed by atoms with Crippen molar-refractivity contribution in [2.24, 2.45) is 0 Å². The molecule has 0 bridgehead atoms. The molecule has 0 radical (unpaired) electrons. The first kappa shape index (κ1) is 21.0. The largest absolute Gasteiger partial charge is 0.462 e. The molecule has 0 fully saturated rings. The van der Waals surface area contributed by atoms with Crippen molar-refractivity contribution in [1.82, 2.24) is 4.72 Å². The van der Waals surface area contributed by atoms with E-state index in [9.17, 15) is 22.4 Å². The average molecular weight is 414 g/mol. The van der Waals surface area contributed by atoms with Gasteiger partial charge in [0, 0.05) is 12.0 Å². The molecule has 0 amide bonds. The molecule has 0 aliphatic carbocycles. The van der Waals surface area contributed by atoms with E-state index in [1.54, 1.807) is 0 Å². The highest BCUT2D eigenvalue weighted by Crippen LogP contribution is 2.22. The number of ether oxygens (including phenoxy) is 1. The summed E-state index contributed by atoms with van der Waals surface area (Å²) in [5.74, 6) is -1.35. The van der Waals surface area contributed by atoms with E-state index in [1.807, 2.05) is 0 Å². The molecule has 0 heterocycles. The molecule has 2 aromatic carbocycles. The van der Waals surface area contributed by atoms with Gasteiger partial charge in [0.15, 0.2) is 5.78 Å². The molecule has 2 aromatic rings. The monoisotopic (exact) mass is 413 g/mol. The van der Waals surface area contributed by atoms with Crippen molar-refractivity contribution in [3.05, 3.63) is 64.4 Å². The van der Waals surface area contributed by atoms with E-state index < -0.39 is 21.8 Å². The molecule has 27 heavy (non-hydrogen) atoms. The number of sulfonamides is 1. The predicted octanol–water partition coefficient (Wildman–Crippen LogP) is 3.21. The Hall–Kier alpha value is -2.29. The van der Waals surface area contributed by atoms with Gasteiger partial charge in [-0.05, 0) is 55.9 Å². The second-order valence-electron chi connectivity index (χ2n) is 5.52. The van der Waals surface area contributed by atoms with Crippen LogP contribution in [0.1, 0.15) is 33.6 Å². The van der Waals surface area contributed by atoms with Gasteiger partial charge in [-0.15, -0.1) is 0 Å². The van der Waals surface area contributed by atoms with Gasteiger partial charge in [0.2, 0.25) is 10.0 Å². The average Bonchev–Trinajstić information content (AvgIpc) is 2.65. The van der Waals surface area contributed by atoms with Crippen LogP contribution in [0.2, 0.25) is 5.02 Å². The van der Waals surface area contributed by atoms with Crippen molar-refractivity contribution in [3.8, 4) is 0 Å². The smallest absolute Gasteiger partial charge is 0.338 e. The molecular formula is C18H17ClFNO5S. The number of esters is 1. The summed E-state index contributed by atoms with van der Waals surface area (Å²) in [6, 6.07) is 8.95. The van der Waals surface area contributed by atoms with E-state index in [2.05, 4.69) is 4.72 Å². The zero-order valence-electron chi connectivity index (χ0n) is 14.4. The Morgan fingerprint density at radius 3 is 2.37 bits per heavy atom. The molecule has 0 aliphatic rings. The van der Waals surface area contributed by atoms with E-state index in [1.165, 1.54) is 43.4 Å². The van der Waals surface area contributed by atoms with Gasteiger partial charge in [-0.25, -0.2) is 22.3 Å². The molecule has 0 unspecified atom stereocenters. The number of hydrogen-bond acceptors (Lipinski definition) is 5. The SMILES string of the molecule is CNS(=O)(=O)c1cc(C(=O)OCCCC(=O)c2ccc(F)cc2)ccc1Cl. The van der Waals surface area contributed by atoms with E-state index in [0.717, 1.165) is 6.07 Å². The summed E-state index contributed by atoms with van der Waals surface area (Å²) in [5, 5.41) is -0.0224. The van der Waals surface area contributed by atoms with Crippen molar-refractivity contribution in [2.45, 2.75) is 17.7 Å². The second-order valence-corrected chi connectivity index (χ2v) is 7.78. The summed E-state index contributed by atoms with van der Waals surface area (Å²) in [6.45, 7) is -0.0253. The number of Topliss-reactive ketones (excluding diaryl/α,β-unsaturated/α-hetero) is 1. The Balaban J connectivity index is 1.92. The van der Waals surface area contributed by atoms with Gasteiger partial charge in [-0.1, -0.05) is 11.6 Å². The van der Waals surface area contributed by atoms with Crippen LogP contribution < -0.4 is 4.72 Å². The highest BCUT2D eigenvalue weighted by molar-refractivity contribution is 7.89. The number of halogens is 2. The summed E-state index contributed by atoms with van der Waals surface area (Å²) in [6.07, 6.45) is 0.399. The molecule has 1 N–H and O–H groups in total. The molecule has 9 heteroatoms. The summed E-state index contributed by atoms with van der Waals surface area (Å²) in [5.41, 5.74) is 0.403. The van der Waals surface area contributed by atoms with Crippen LogP contribution in [-0.4, -0.2) is 33.8 Å². The van der Waals surface area contributed by atoms with E-state index in [-0.39, 0.29) is 40.7 Å². The lowest BCUT2D eigenvalue weighted by molar-refractivity contribution is 0.0494. The van der Waals surface area contributed by atoms with Crippen LogP contribution in [-0.2, 0) is 14.8 Å². The standard InChI is InChI=1S/C18H17ClFNO5S/c1-21-27(24,25)17-11-13(6-9-15(17)19)18(23)26-10-2-3-16(22)12-4-7-14(20)8-5-12/h4-9,11,21H,2-3,10H2,1H3. The molecule has 6 nitrogen and oxygen atoms in total. The van der Waals surface area contributed by atoms with Crippen LogP contribution >= 0.6 is 11.6 Å². The highest BCUT2D eigenvalue weighted by Gasteiger charge is 2.19. The Morgan fingerprint density at radius 2 is 1.74 bits per heavy atom. The van der Waals surface area contributed by atoms with Crippen molar-refractivity contribution < 1.29 is 27.1 Å². The lowest BCUT2D eigenvalue weighted by Gasteiger charge is -2.08. The first-order chi connectivity index (χ1) is 12.7. The molecule has 0 spiro atoms. The van der Waals surface area contributed by atoms with Crippen molar-refractivity contribution in [3.63, 3.8) is 0 Å². The number of nitrogens with one attached hydrogen (secondary N) is 1. The zero-order chi connectivity index (χ0) is 20.0. The number of carbonyl (C=O) groups excluding carboxylic acids is 2. The van der Waals surface area contributed by atoms with Crippen molar-refractivity contribution in [2.75, 3.05) is 13.7 Å². The molecule has 0 aromatic heterocycles. The minimum Gasteiger partial charge on any atom is -0.462 e. The minimum absolute atomic E-state index is 0.0224. The van der Waals surface area contributed by atoms with Crippen LogP contribution in [0.25, 0.3) is 0 Å². The van der Waals surface area contributed by atoms with Gasteiger partial charge in [0.1, 0.15) is 10.7 Å². The fraction of sp³-hybridized carbons (Fsp3) is 0.222. The lowest BCUT2D eigenvalue weighted by atomic mass is 10.1. The first-order valence-electron chi connectivity index (χ1n) is 7.93. The predicted molar refractivity (Wildman–Crippen MR) is 97.9 cm³/mol. The van der Waals surface area contributed by atoms with Gasteiger partial charge in [-0.2, -0.15) is 0 Å². The second kappa shape index (κ2) is 9.07. The van der Waals surface area contributed by atoms with Crippen LogP contribution in [0.4, 0.5) is 4.39 Å². The number of rotatable bonds is 8. The van der Waals surface area contributed by atoms with Crippen molar-refractivity contribution >= 4 is 33.4 Å². The molecule has 2 rings (SSSR count). The highest BCUT2D eigenvalue weighted by atomic mass is 35.5. The minimum atomic E-state index is -3.82. The Morgan fingerprint density at radius 1 is 1.11 bits per heavy atom. The first-order valence-corrected chi connectivity index (χ1v) is 9.79. The molecule has 0 saturated heterocycles. The van der Waals surface area contributed by atoms with E-state index >= 15 is 0 Å². The van der Waals surface area contributed by atoms with Crippen LogP contribution in [0.15, 0.2) is 47.4 Å². The Bertz CT molecular complexity index is 945. The van der Waals surface area contributed by atoms with E-state index in [0.29, 0.717) is 5.56 Å². The molecule has 0 saturated carbocycles. The topological polar surface area (TPSA) is 89.5 Å². The third-order valence-corrected chi connectivity index (χ3v) is 5.57. The number of carbonyl (C=O) groups is 2. The van der Waals surface area contributed by atoms with Crippen molar-refractivity contribution in [1.29, 1.82) is 0 Å². The van der Waals surface area contributed by atoms with Gasteiger partial charge in [-0.3, -0.25) is 4.79 Å². The maximum atomic E-state index is 12.8. The lowest BCUT2D eigenvalue weighted by Crippen LogP contribution is -2.19. The quantitative estimate of drug-likeness (QED) is 0.407. The van der Waals surface area contributed by atoms with Crippen LogP contribution in [0.5, 0.6) is 0 Å². The van der Waals surface area contributed by atoms with Gasteiger partial charge >= 0.3 is 5.97 Å². The molecule has 144 valence electrons. The van der Waals surface area contributed by atoms with Crippen LogP contribution in [0, 0.1) is 5.82 Å². The molecule has 0 atom stereocenters. The third-order valence-electron chi connectivity index (χ3n) is 3.67. The number of ketones is 1. The summed E-state index contributed by atoms with van der Waals surface area (Å²) >= 11 is 5.86. The van der Waals surface area contributed by atoms with Gasteiger partial charge in [0.25, 0.3) is 0 Å². The number of hydrogen-bond donors (Lipinski definition) is 1. The maximum absolute atomic E-state index is 12.8. The third kappa shape index (κ3) is 5.59. The Labute approximate surface area is 161 Å². The van der Waals surface area contributed by atoms with Gasteiger partial charge in [0.05, 0.1) is 17.2 Å². The number of benzene rings is 2. The fourth-order valence-corrected chi connectivity index (χ4v) is 3.46. The van der Waals surface area contributed by atoms with Crippen LogP contribution in [0.3, 0.4) is 0 Å². The molecule has 0 aliphatic heterocycles. The Kier molecular flexibility index (Phi) is 7.06. The summed E-state index contributed by atoms with van der Waals surface area (Å²) in [7, 11) is -2.59. The summed E-state index contributed by atoms with van der Waals surface area (Å²) < 4.78 is 43.8. The summed E-state index contributed by atoms with van der Waals surface area (Å²) in [4.78, 5) is 23.8. The molecular weight excluding hydrogens is 397 g/mol. The normalized spacial score (nSPS) is 11.2.